The van der Waals surface area contributed by atoms with E-state index in [1.165, 1.54) is 0 Å². The molecule has 0 radical (unpaired) electrons. The Kier molecular flexibility index (Phi) is 4.62. The Labute approximate surface area is 158 Å². The minimum atomic E-state index is -0.106. The average molecular weight is 356 g/mol. The zero-order valence-corrected chi connectivity index (χ0v) is 15.1. The second-order valence-corrected chi connectivity index (χ2v) is 6.48. The minimum Gasteiger partial charge on any atom is -0.464 e. The molecule has 0 bridgehead atoms. The van der Waals surface area contributed by atoms with Crippen molar-refractivity contribution in [2.24, 2.45) is 0 Å². The Morgan fingerprint density at radius 1 is 0.926 bits per heavy atom. The third kappa shape index (κ3) is 3.70. The summed E-state index contributed by atoms with van der Waals surface area (Å²) in [5.41, 5.74) is 7.62. The van der Waals surface area contributed by atoms with E-state index in [1.54, 1.807) is 11.3 Å². The number of para-hydroxylation sites is 2. The van der Waals surface area contributed by atoms with Gasteiger partial charge >= 0.3 is 0 Å². The lowest BCUT2D eigenvalue weighted by Gasteiger charge is -2.25. The van der Waals surface area contributed by atoms with Gasteiger partial charge in [-0.1, -0.05) is 48.5 Å². The molecule has 4 nitrogen and oxygen atoms in total. The van der Waals surface area contributed by atoms with Gasteiger partial charge in [-0.15, -0.1) is 0 Å². The van der Waals surface area contributed by atoms with E-state index in [0.717, 1.165) is 33.5 Å². The third-order valence-corrected chi connectivity index (χ3v) is 4.43. The maximum Gasteiger partial charge on any atom is 0.243 e. The number of nitrogens with zero attached hydrogens (tertiary/aromatic N) is 1. The highest BCUT2D eigenvalue weighted by Gasteiger charge is 2.15. The highest BCUT2D eigenvalue weighted by molar-refractivity contribution is 5.89. The molecule has 1 aromatic heterocycles. The summed E-state index contributed by atoms with van der Waals surface area (Å²) in [6.07, 6.45) is 1.91. The molecular weight excluding hydrogens is 336 g/mol. The number of rotatable bonds is 5. The van der Waals surface area contributed by atoms with E-state index in [0.29, 0.717) is 0 Å². The standard InChI is InChI=1S/C23H20N2O2/c1-17-12-13-21-18(16-27-22(21)14-17)15-23(26)24-25(19-8-4-2-5-9-19)20-10-6-3-7-11-20/h2-14,16H,15H2,1H3,(H,24,26). The predicted molar refractivity (Wildman–Crippen MR) is 108 cm³/mol. The summed E-state index contributed by atoms with van der Waals surface area (Å²) in [7, 11) is 0. The first kappa shape index (κ1) is 16.9. The zero-order valence-electron chi connectivity index (χ0n) is 15.1. The second kappa shape index (κ2) is 7.38. The maximum atomic E-state index is 12.8. The lowest BCUT2D eigenvalue weighted by atomic mass is 10.1. The van der Waals surface area contributed by atoms with Gasteiger partial charge in [0, 0.05) is 10.9 Å². The van der Waals surface area contributed by atoms with Crippen LogP contribution in [0.5, 0.6) is 0 Å². The van der Waals surface area contributed by atoms with Gasteiger partial charge in [-0.3, -0.25) is 15.2 Å². The Hall–Kier alpha value is -3.53. The lowest BCUT2D eigenvalue weighted by Crippen LogP contribution is -2.39. The molecule has 1 heterocycles. The number of hydrogen-bond donors (Lipinski definition) is 1. The largest absolute Gasteiger partial charge is 0.464 e. The van der Waals surface area contributed by atoms with Crippen molar-refractivity contribution >= 4 is 28.3 Å². The Balaban J connectivity index is 1.58. The van der Waals surface area contributed by atoms with Crippen LogP contribution in [0.15, 0.2) is 89.5 Å². The van der Waals surface area contributed by atoms with Crippen LogP contribution in [0.1, 0.15) is 11.1 Å². The van der Waals surface area contributed by atoms with Crippen LogP contribution in [0.4, 0.5) is 11.4 Å². The molecule has 0 saturated heterocycles. The van der Waals surface area contributed by atoms with Crippen LogP contribution in [-0.4, -0.2) is 5.91 Å². The zero-order chi connectivity index (χ0) is 18.6. The van der Waals surface area contributed by atoms with Crippen LogP contribution < -0.4 is 10.4 Å². The van der Waals surface area contributed by atoms with Crippen LogP contribution in [0.25, 0.3) is 11.0 Å². The van der Waals surface area contributed by atoms with Gasteiger partial charge in [-0.05, 0) is 42.8 Å². The van der Waals surface area contributed by atoms with Crippen LogP contribution in [0, 0.1) is 6.92 Å². The summed E-state index contributed by atoms with van der Waals surface area (Å²) in [5, 5.41) is 2.77. The van der Waals surface area contributed by atoms with Crippen molar-refractivity contribution in [1.82, 2.24) is 5.43 Å². The van der Waals surface area contributed by atoms with Crippen molar-refractivity contribution in [2.45, 2.75) is 13.3 Å². The Bertz CT molecular complexity index is 1020. The van der Waals surface area contributed by atoms with E-state index < -0.39 is 0 Å². The van der Waals surface area contributed by atoms with E-state index in [4.69, 9.17) is 4.42 Å². The summed E-state index contributed by atoms with van der Waals surface area (Å²) >= 11 is 0. The molecule has 4 rings (SSSR count). The van der Waals surface area contributed by atoms with Gasteiger partial charge in [0.25, 0.3) is 0 Å². The Morgan fingerprint density at radius 2 is 1.56 bits per heavy atom. The molecule has 0 aliphatic heterocycles. The molecule has 0 saturated carbocycles. The summed E-state index contributed by atoms with van der Waals surface area (Å²) in [4.78, 5) is 12.8. The number of anilines is 2. The molecule has 0 fully saturated rings. The average Bonchev–Trinajstić information content (AvgIpc) is 3.09. The van der Waals surface area contributed by atoms with Crippen LogP contribution in [0.3, 0.4) is 0 Å². The van der Waals surface area contributed by atoms with Crippen LogP contribution in [-0.2, 0) is 11.2 Å². The van der Waals surface area contributed by atoms with Crippen molar-refractivity contribution in [3.05, 3.63) is 96.3 Å². The molecular formula is C23H20N2O2. The highest BCUT2D eigenvalue weighted by Crippen LogP contribution is 2.24. The highest BCUT2D eigenvalue weighted by atomic mass is 16.3. The molecule has 1 N–H and O–H groups in total. The molecule has 134 valence electrons. The molecule has 27 heavy (non-hydrogen) atoms. The molecule has 0 atom stereocenters. The molecule has 0 aliphatic carbocycles. The monoisotopic (exact) mass is 356 g/mol. The van der Waals surface area contributed by atoms with Gasteiger partial charge in [0.1, 0.15) is 5.58 Å². The SMILES string of the molecule is Cc1ccc2c(CC(=O)NN(c3ccccc3)c3ccccc3)coc2c1. The maximum absolute atomic E-state index is 12.8. The smallest absolute Gasteiger partial charge is 0.243 e. The van der Waals surface area contributed by atoms with Crippen molar-refractivity contribution < 1.29 is 9.21 Å². The van der Waals surface area contributed by atoms with Gasteiger partial charge in [0.05, 0.1) is 24.1 Å². The normalized spacial score (nSPS) is 10.7. The van der Waals surface area contributed by atoms with E-state index in [-0.39, 0.29) is 12.3 Å². The quantitative estimate of drug-likeness (QED) is 0.503. The molecule has 4 heteroatoms. The fourth-order valence-electron chi connectivity index (χ4n) is 3.10. The summed E-state index contributed by atoms with van der Waals surface area (Å²) in [5.74, 6) is -0.106. The number of furan rings is 1. The third-order valence-electron chi connectivity index (χ3n) is 4.43. The molecule has 0 aliphatic rings. The lowest BCUT2D eigenvalue weighted by molar-refractivity contribution is -0.120. The number of hydrazine groups is 1. The molecule has 3 aromatic carbocycles. The van der Waals surface area contributed by atoms with Gasteiger partial charge in [0.2, 0.25) is 5.91 Å². The second-order valence-electron chi connectivity index (χ2n) is 6.48. The summed E-state index contributed by atoms with van der Waals surface area (Å²) < 4.78 is 5.61. The van der Waals surface area contributed by atoms with Gasteiger partial charge in [-0.25, -0.2) is 0 Å². The molecule has 1 amide bonds. The fourth-order valence-corrected chi connectivity index (χ4v) is 3.10. The first-order chi connectivity index (χ1) is 13.2. The van der Waals surface area contributed by atoms with Gasteiger partial charge in [-0.2, -0.15) is 0 Å². The predicted octanol–water partition coefficient (Wildman–Crippen LogP) is 5.15. The number of amides is 1. The summed E-state index contributed by atoms with van der Waals surface area (Å²) in [6, 6.07) is 25.6. The first-order valence-electron chi connectivity index (χ1n) is 8.87. The van der Waals surface area contributed by atoms with Gasteiger partial charge in [0.15, 0.2) is 0 Å². The van der Waals surface area contributed by atoms with Crippen LogP contribution in [0.2, 0.25) is 0 Å². The Morgan fingerprint density at radius 3 is 2.19 bits per heavy atom. The van der Waals surface area contributed by atoms with E-state index in [9.17, 15) is 4.79 Å². The number of carbonyl (C=O) groups is 1. The minimum absolute atomic E-state index is 0.106. The number of hydrogen-bond acceptors (Lipinski definition) is 3. The topological polar surface area (TPSA) is 45.5 Å². The number of aryl methyl sites for hydroxylation is 1. The number of fused-ring (bicyclic) bond motifs is 1. The first-order valence-corrected chi connectivity index (χ1v) is 8.87. The van der Waals surface area contributed by atoms with Crippen molar-refractivity contribution in [3.8, 4) is 0 Å². The molecule has 0 spiro atoms. The number of carbonyl (C=O) groups excluding carboxylic acids is 1. The van der Waals surface area contributed by atoms with Crippen molar-refractivity contribution in [2.75, 3.05) is 5.01 Å². The summed E-state index contributed by atoms with van der Waals surface area (Å²) in [6.45, 7) is 2.02. The molecule has 4 aromatic rings. The number of benzene rings is 3. The van der Waals surface area contributed by atoms with Crippen molar-refractivity contribution in [3.63, 3.8) is 0 Å². The van der Waals surface area contributed by atoms with E-state index >= 15 is 0 Å². The molecule has 0 unspecified atom stereocenters. The van der Waals surface area contributed by atoms with Crippen molar-refractivity contribution in [1.29, 1.82) is 0 Å². The number of nitrogens with one attached hydrogen (secondary N) is 1. The van der Waals surface area contributed by atoms with E-state index in [1.807, 2.05) is 85.8 Å². The van der Waals surface area contributed by atoms with Crippen LogP contribution >= 0.6 is 0 Å². The van der Waals surface area contributed by atoms with E-state index in [2.05, 4.69) is 5.43 Å². The van der Waals surface area contributed by atoms with Gasteiger partial charge < -0.3 is 4.42 Å². The fraction of sp³-hybridized carbons (Fsp3) is 0.0870.